The van der Waals surface area contributed by atoms with Gasteiger partial charge in [-0.15, -0.1) is 11.3 Å². The third kappa shape index (κ3) is 5.03. The summed E-state index contributed by atoms with van der Waals surface area (Å²) in [6.07, 6.45) is 4.01. The van der Waals surface area contributed by atoms with Crippen molar-refractivity contribution in [1.29, 1.82) is 0 Å². The first-order valence-corrected chi connectivity index (χ1v) is 11.3. The highest BCUT2D eigenvalue weighted by atomic mass is 32.1. The minimum absolute atomic E-state index is 0.0255. The third-order valence-corrected chi connectivity index (χ3v) is 6.33. The molecule has 1 aromatic carbocycles. The standard InChI is InChI=1S/C23H27N5O2S/c1-24-10-9-20(21-4-3-13-31-21)30-18-7-5-17(6-8-18)15-28-12-11-27(2)22-19(23(28)29)14-25-16-26-22/h3-8,13-14,16,20,24H,9-12,15H2,1-2H3/t20-/m1/s1. The molecule has 0 spiro atoms. The van der Waals surface area contributed by atoms with Crippen LogP contribution in [-0.2, 0) is 6.54 Å². The first kappa shape index (κ1) is 21.3. The van der Waals surface area contributed by atoms with Gasteiger partial charge in [0.25, 0.3) is 5.91 Å². The number of ether oxygens (including phenoxy) is 1. The van der Waals surface area contributed by atoms with Crippen molar-refractivity contribution in [3.05, 3.63) is 70.3 Å². The SMILES string of the molecule is CNCC[C@@H](Oc1ccc(CN2CCN(C)c3ncncc3C2=O)cc1)c1cccs1. The number of carbonyl (C=O) groups is 1. The molecule has 1 aliphatic heterocycles. The van der Waals surface area contributed by atoms with Crippen LogP contribution in [0.4, 0.5) is 5.82 Å². The lowest BCUT2D eigenvalue weighted by Gasteiger charge is -2.22. The number of carbonyl (C=O) groups excluding carboxylic acids is 1. The van der Waals surface area contributed by atoms with Crippen LogP contribution in [0.3, 0.4) is 0 Å². The molecule has 7 nitrogen and oxygen atoms in total. The molecule has 2 aromatic heterocycles. The number of rotatable bonds is 8. The number of likely N-dealkylation sites (N-methyl/N-ethyl adjacent to an activating group) is 1. The average molecular weight is 438 g/mol. The number of thiophene rings is 1. The van der Waals surface area contributed by atoms with Gasteiger partial charge in [0.2, 0.25) is 0 Å². The molecule has 0 saturated carbocycles. The zero-order chi connectivity index (χ0) is 21.6. The molecule has 1 amide bonds. The van der Waals surface area contributed by atoms with Crippen molar-refractivity contribution in [1.82, 2.24) is 20.2 Å². The molecule has 8 heteroatoms. The van der Waals surface area contributed by atoms with E-state index in [0.29, 0.717) is 24.5 Å². The topological polar surface area (TPSA) is 70.6 Å². The van der Waals surface area contributed by atoms with Crippen molar-refractivity contribution in [2.45, 2.75) is 19.1 Å². The molecule has 4 rings (SSSR count). The van der Waals surface area contributed by atoms with Crippen LogP contribution in [0.5, 0.6) is 5.75 Å². The number of aromatic nitrogens is 2. The number of hydrogen-bond donors (Lipinski definition) is 1. The molecule has 1 aliphatic rings. The molecule has 0 aliphatic carbocycles. The molecule has 31 heavy (non-hydrogen) atoms. The smallest absolute Gasteiger partial charge is 0.259 e. The number of nitrogens with zero attached hydrogens (tertiary/aromatic N) is 4. The lowest BCUT2D eigenvalue weighted by Crippen LogP contribution is -2.33. The molecular weight excluding hydrogens is 410 g/mol. The van der Waals surface area contributed by atoms with Crippen LogP contribution in [0.2, 0.25) is 0 Å². The number of benzene rings is 1. The zero-order valence-electron chi connectivity index (χ0n) is 17.8. The van der Waals surface area contributed by atoms with Crippen LogP contribution in [-0.4, -0.2) is 54.5 Å². The molecule has 0 unspecified atom stereocenters. The fourth-order valence-corrected chi connectivity index (χ4v) is 4.43. The largest absolute Gasteiger partial charge is 0.485 e. The minimum atomic E-state index is -0.0369. The van der Waals surface area contributed by atoms with Crippen LogP contribution in [0, 0.1) is 0 Å². The first-order valence-electron chi connectivity index (χ1n) is 10.4. The molecule has 3 heterocycles. The quantitative estimate of drug-likeness (QED) is 0.583. The molecule has 1 atom stereocenters. The summed E-state index contributed by atoms with van der Waals surface area (Å²) in [5.41, 5.74) is 1.61. The monoisotopic (exact) mass is 437 g/mol. The van der Waals surface area contributed by atoms with Crippen LogP contribution in [0.15, 0.2) is 54.3 Å². The van der Waals surface area contributed by atoms with E-state index in [2.05, 4.69) is 32.8 Å². The molecule has 162 valence electrons. The van der Waals surface area contributed by atoms with E-state index in [1.54, 1.807) is 17.5 Å². The number of amides is 1. The van der Waals surface area contributed by atoms with E-state index in [1.807, 2.05) is 48.2 Å². The van der Waals surface area contributed by atoms with Gasteiger partial charge in [0.15, 0.2) is 0 Å². The Kier molecular flexibility index (Phi) is 6.79. The fourth-order valence-electron chi connectivity index (χ4n) is 3.64. The van der Waals surface area contributed by atoms with E-state index < -0.39 is 0 Å². The highest BCUT2D eigenvalue weighted by Crippen LogP contribution is 2.28. The molecule has 3 aromatic rings. The van der Waals surface area contributed by atoms with Gasteiger partial charge in [0.05, 0.1) is 0 Å². The zero-order valence-corrected chi connectivity index (χ0v) is 18.6. The van der Waals surface area contributed by atoms with Gasteiger partial charge < -0.3 is 19.9 Å². The number of hydrogen-bond acceptors (Lipinski definition) is 7. The van der Waals surface area contributed by atoms with Crippen molar-refractivity contribution in [3.8, 4) is 5.75 Å². The maximum atomic E-state index is 13.0. The van der Waals surface area contributed by atoms with Gasteiger partial charge in [-0.3, -0.25) is 4.79 Å². The molecule has 0 bridgehead atoms. The molecule has 0 saturated heterocycles. The van der Waals surface area contributed by atoms with E-state index in [4.69, 9.17) is 4.74 Å². The molecular formula is C23H27N5O2S. The van der Waals surface area contributed by atoms with Crippen LogP contribution in [0.25, 0.3) is 0 Å². The Morgan fingerprint density at radius 3 is 2.81 bits per heavy atom. The van der Waals surface area contributed by atoms with E-state index in [0.717, 1.165) is 30.8 Å². The second-order valence-corrected chi connectivity index (χ2v) is 8.55. The Hall–Kier alpha value is -2.97. The highest BCUT2D eigenvalue weighted by molar-refractivity contribution is 7.10. The Balaban J connectivity index is 1.44. The van der Waals surface area contributed by atoms with Gasteiger partial charge in [0, 0.05) is 44.2 Å². The maximum absolute atomic E-state index is 13.0. The van der Waals surface area contributed by atoms with E-state index in [9.17, 15) is 4.79 Å². The van der Waals surface area contributed by atoms with Crippen molar-refractivity contribution >= 4 is 23.1 Å². The summed E-state index contributed by atoms with van der Waals surface area (Å²) in [4.78, 5) is 26.4. The predicted octanol–water partition coefficient (Wildman–Crippen LogP) is 3.36. The van der Waals surface area contributed by atoms with E-state index in [1.165, 1.54) is 11.2 Å². The van der Waals surface area contributed by atoms with Crippen molar-refractivity contribution in [2.24, 2.45) is 0 Å². The molecule has 1 N–H and O–H groups in total. The second kappa shape index (κ2) is 9.89. The lowest BCUT2D eigenvalue weighted by atomic mass is 10.1. The Labute approximate surface area is 186 Å². The van der Waals surface area contributed by atoms with Gasteiger partial charge in [-0.05, 0) is 42.7 Å². The summed E-state index contributed by atoms with van der Waals surface area (Å²) in [5, 5.41) is 5.27. The summed E-state index contributed by atoms with van der Waals surface area (Å²) in [6.45, 7) is 2.78. The first-order chi connectivity index (χ1) is 15.2. The highest BCUT2D eigenvalue weighted by Gasteiger charge is 2.26. The Morgan fingerprint density at radius 2 is 2.06 bits per heavy atom. The number of anilines is 1. The van der Waals surface area contributed by atoms with Crippen molar-refractivity contribution in [3.63, 3.8) is 0 Å². The molecule has 0 fully saturated rings. The minimum Gasteiger partial charge on any atom is -0.485 e. The van der Waals surface area contributed by atoms with Gasteiger partial charge in [0.1, 0.15) is 29.6 Å². The van der Waals surface area contributed by atoms with Crippen molar-refractivity contribution in [2.75, 3.05) is 38.6 Å². The Morgan fingerprint density at radius 1 is 1.23 bits per heavy atom. The molecule has 0 radical (unpaired) electrons. The van der Waals surface area contributed by atoms with E-state index >= 15 is 0 Å². The normalized spacial score (nSPS) is 14.8. The van der Waals surface area contributed by atoms with Gasteiger partial charge in [-0.1, -0.05) is 18.2 Å². The van der Waals surface area contributed by atoms with Crippen molar-refractivity contribution < 1.29 is 9.53 Å². The lowest BCUT2D eigenvalue weighted by molar-refractivity contribution is 0.0754. The fraction of sp³-hybridized carbons (Fsp3) is 0.348. The summed E-state index contributed by atoms with van der Waals surface area (Å²) in [5.74, 6) is 1.48. The summed E-state index contributed by atoms with van der Waals surface area (Å²) in [6, 6.07) is 12.2. The number of fused-ring (bicyclic) bond motifs is 1. The average Bonchev–Trinajstić information content (AvgIpc) is 3.31. The van der Waals surface area contributed by atoms with Crippen LogP contribution >= 0.6 is 11.3 Å². The van der Waals surface area contributed by atoms with Crippen LogP contribution < -0.4 is 15.0 Å². The predicted molar refractivity (Wildman–Crippen MR) is 123 cm³/mol. The number of nitrogens with one attached hydrogen (secondary N) is 1. The third-order valence-electron chi connectivity index (χ3n) is 5.37. The van der Waals surface area contributed by atoms with Crippen LogP contribution in [0.1, 0.15) is 33.3 Å². The summed E-state index contributed by atoms with van der Waals surface area (Å²) in [7, 11) is 3.90. The maximum Gasteiger partial charge on any atom is 0.259 e. The summed E-state index contributed by atoms with van der Waals surface area (Å²) < 4.78 is 6.27. The van der Waals surface area contributed by atoms with Gasteiger partial charge in [-0.2, -0.15) is 0 Å². The summed E-state index contributed by atoms with van der Waals surface area (Å²) >= 11 is 1.71. The van der Waals surface area contributed by atoms with Gasteiger partial charge in [-0.25, -0.2) is 9.97 Å². The second-order valence-electron chi connectivity index (χ2n) is 7.57. The van der Waals surface area contributed by atoms with E-state index in [-0.39, 0.29) is 12.0 Å². The Bertz CT molecular complexity index is 993. The van der Waals surface area contributed by atoms with Gasteiger partial charge >= 0.3 is 0 Å².